The fraction of sp³-hybridized carbons (Fsp3) is 0.172. The molecule has 2 aliphatic carbocycles. The van der Waals surface area contributed by atoms with E-state index in [4.69, 9.17) is 4.74 Å². The van der Waals surface area contributed by atoms with Crippen LogP contribution in [0.15, 0.2) is 96.6 Å². The second kappa shape index (κ2) is 8.30. The summed E-state index contributed by atoms with van der Waals surface area (Å²) in [5, 5.41) is 11.2. The van der Waals surface area contributed by atoms with E-state index in [-0.39, 0.29) is 40.8 Å². The average Bonchev–Trinajstić information content (AvgIpc) is 3.54. The number of imide groups is 1. The lowest BCUT2D eigenvalue weighted by Gasteiger charge is -2.22. The summed E-state index contributed by atoms with van der Waals surface area (Å²) >= 11 is 0. The van der Waals surface area contributed by atoms with Crippen LogP contribution in [0.25, 0.3) is 5.57 Å². The number of non-ortho nitro benzene ring substituents is 1. The first kappa shape index (κ1) is 22.0. The number of nitro benzene ring substituents is 1. The van der Waals surface area contributed by atoms with Crippen molar-refractivity contribution in [2.75, 3.05) is 12.0 Å². The highest BCUT2D eigenvalue weighted by atomic mass is 16.6. The number of methoxy groups -OCH3 is 1. The lowest BCUT2D eigenvalue weighted by Crippen LogP contribution is -2.33. The first-order chi connectivity index (χ1) is 17.5. The van der Waals surface area contributed by atoms with Gasteiger partial charge in [0.15, 0.2) is 0 Å². The van der Waals surface area contributed by atoms with Crippen LogP contribution < -0.4 is 9.64 Å². The molecule has 4 atom stereocenters. The van der Waals surface area contributed by atoms with Crippen molar-refractivity contribution in [1.82, 2.24) is 0 Å². The highest BCUT2D eigenvalue weighted by molar-refractivity contribution is 6.24. The smallest absolute Gasteiger partial charge is 0.273 e. The predicted octanol–water partition coefficient (Wildman–Crippen LogP) is 5.03. The zero-order valence-electron chi connectivity index (χ0n) is 19.4. The fourth-order valence-electron chi connectivity index (χ4n) is 6.01. The Balaban J connectivity index is 1.46. The summed E-state index contributed by atoms with van der Waals surface area (Å²) in [5.41, 5.74) is 4.32. The highest BCUT2D eigenvalue weighted by Crippen LogP contribution is 2.59. The number of anilines is 1. The van der Waals surface area contributed by atoms with Crippen molar-refractivity contribution < 1.29 is 19.2 Å². The van der Waals surface area contributed by atoms with Crippen LogP contribution in [0, 0.1) is 33.8 Å². The van der Waals surface area contributed by atoms with Gasteiger partial charge in [-0.05, 0) is 28.3 Å². The molecule has 3 aromatic carbocycles. The van der Waals surface area contributed by atoms with Gasteiger partial charge in [-0.3, -0.25) is 19.7 Å². The van der Waals surface area contributed by atoms with E-state index in [1.165, 1.54) is 25.3 Å². The van der Waals surface area contributed by atoms with Crippen LogP contribution in [0.3, 0.4) is 0 Å². The first-order valence-electron chi connectivity index (χ1n) is 11.7. The highest BCUT2D eigenvalue weighted by Gasteiger charge is 2.62. The Morgan fingerprint density at radius 2 is 1.36 bits per heavy atom. The minimum atomic E-state index is -0.537. The molecule has 2 amide bonds. The van der Waals surface area contributed by atoms with E-state index >= 15 is 0 Å². The molecule has 6 rings (SSSR count). The SMILES string of the molecule is COc1cc([N+](=O)[O-])ccc1N1C(=O)[C@H]2[C@H](C1=O)[C@H]1C=C[C@H]2C1=C(c1ccccc1)c1ccccc1. The molecule has 1 saturated carbocycles. The van der Waals surface area contributed by atoms with Gasteiger partial charge in [0.25, 0.3) is 5.69 Å². The molecule has 7 nitrogen and oxygen atoms in total. The molecule has 1 saturated heterocycles. The Kier molecular flexibility index (Phi) is 5.07. The van der Waals surface area contributed by atoms with Gasteiger partial charge in [0.2, 0.25) is 11.8 Å². The van der Waals surface area contributed by atoms with Gasteiger partial charge in [0.1, 0.15) is 5.75 Å². The predicted molar refractivity (Wildman–Crippen MR) is 134 cm³/mol. The summed E-state index contributed by atoms with van der Waals surface area (Å²) < 4.78 is 5.34. The summed E-state index contributed by atoms with van der Waals surface area (Å²) in [6.45, 7) is 0. The molecule has 3 aliphatic rings. The standard InChI is InChI=1S/C29H22N2O5/c1-36-23-16-19(31(34)35)12-15-22(23)30-28(32)26-20-13-14-21(27(26)29(30)33)25(20)24(17-8-4-2-5-9-17)18-10-6-3-7-11-18/h2-16,20-21,26-27H,1H3/t20-,21-,26+,27+/m0/s1. The molecule has 178 valence electrons. The maximum atomic E-state index is 13.8. The molecule has 2 bridgehead atoms. The van der Waals surface area contributed by atoms with Gasteiger partial charge >= 0.3 is 0 Å². The quantitative estimate of drug-likeness (QED) is 0.222. The number of amides is 2. The van der Waals surface area contributed by atoms with Crippen molar-refractivity contribution in [1.29, 1.82) is 0 Å². The number of ether oxygens (including phenoxy) is 1. The third kappa shape index (κ3) is 3.12. The van der Waals surface area contributed by atoms with E-state index in [0.717, 1.165) is 27.2 Å². The molecule has 1 aliphatic heterocycles. The summed E-state index contributed by atoms with van der Waals surface area (Å²) in [6, 6.07) is 24.1. The van der Waals surface area contributed by atoms with Gasteiger partial charge < -0.3 is 4.74 Å². The number of rotatable bonds is 5. The molecule has 2 fully saturated rings. The Morgan fingerprint density at radius 3 is 1.83 bits per heavy atom. The lowest BCUT2D eigenvalue weighted by atomic mass is 9.85. The Bertz CT molecular complexity index is 1390. The topological polar surface area (TPSA) is 89.8 Å². The lowest BCUT2D eigenvalue weighted by molar-refractivity contribution is -0.384. The fourth-order valence-corrected chi connectivity index (χ4v) is 6.01. The zero-order chi connectivity index (χ0) is 25.0. The number of hydrogen-bond donors (Lipinski definition) is 0. The van der Waals surface area contributed by atoms with Crippen molar-refractivity contribution in [3.05, 3.63) is 118 Å². The number of hydrogen-bond acceptors (Lipinski definition) is 5. The normalized spacial score (nSPS) is 23.8. The number of nitrogens with zero attached hydrogens (tertiary/aromatic N) is 2. The Hall–Kier alpha value is -4.52. The average molecular weight is 479 g/mol. The third-order valence-electron chi connectivity index (χ3n) is 7.44. The van der Waals surface area contributed by atoms with Gasteiger partial charge in [-0.25, -0.2) is 4.90 Å². The van der Waals surface area contributed by atoms with Crippen LogP contribution >= 0.6 is 0 Å². The zero-order valence-corrected chi connectivity index (χ0v) is 19.4. The van der Waals surface area contributed by atoms with Crippen LogP contribution in [0.2, 0.25) is 0 Å². The van der Waals surface area contributed by atoms with E-state index in [0.29, 0.717) is 0 Å². The minimum absolute atomic E-state index is 0.121. The van der Waals surface area contributed by atoms with E-state index < -0.39 is 16.8 Å². The van der Waals surface area contributed by atoms with Crippen LogP contribution in [0.4, 0.5) is 11.4 Å². The van der Waals surface area contributed by atoms with E-state index in [2.05, 4.69) is 36.4 Å². The maximum absolute atomic E-state index is 13.8. The van der Waals surface area contributed by atoms with Crippen molar-refractivity contribution >= 4 is 28.8 Å². The summed E-state index contributed by atoms with van der Waals surface area (Å²) in [4.78, 5) is 39.4. The van der Waals surface area contributed by atoms with Crippen molar-refractivity contribution in [3.8, 4) is 5.75 Å². The molecule has 1 heterocycles. The molecular formula is C29H22N2O5. The Labute approximate surface area is 207 Å². The van der Waals surface area contributed by atoms with Crippen molar-refractivity contribution in [2.45, 2.75) is 0 Å². The van der Waals surface area contributed by atoms with Crippen molar-refractivity contribution in [2.24, 2.45) is 23.7 Å². The number of nitro groups is 1. The minimum Gasteiger partial charge on any atom is -0.494 e. The molecule has 0 unspecified atom stereocenters. The van der Waals surface area contributed by atoms with Gasteiger partial charge in [0, 0.05) is 17.9 Å². The van der Waals surface area contributed by atoms with Gasteiger partial charge in [-0.15, -0.1) is 0 Å². The van der Waals surface area contributed by atoms with Crippen LogP contribution in [0.1, 0.15) is 11.1 Å². The largest absolute Gasteiger partial charge is 0.494 e. The van der Waals surface area contributed by atoms with Crippen LogP contribution in [-0.2, 0) is 9.59 Å². The van der Waals surface area contributed by atoms with E-state index in [9.17, 15) is 19.7 Å². The number of fused-ring (bicyclic) bond motifs is 5. The summed E-state index contributed by atoms with van der Waals surface area (Å²) in [7, 11) is 1.37. The Morgan fingerprint density at radius 1 is 0.833 bits per heavy atom. The number of allylic oxidation sites excluding steroid dienone is 3. The van der Waals surface area contributed by atoms with Gasteiger partial charge in [-0.2, -0.15) is 0 Å². The molecule has 0 spiro atoms. The molecular weight excluding hydrogens is 456 g/mol. The van der Waals surface area contributed by atoms with Crippen LogP contribution in [-0.4, -0.2) is 23.8 Å². The summed E-state index contributed by atoms with van der Waals surface area (Å²) in [5.74, 6) is -1.94. The molecule has 36 heavy (non-hydrogen) atoms. The second-order valence-electron chi connectivity index (χ2n) is 9.18. The van der Waals surface area contributed by atoms with Gasteiger partial charge in [-0.1, -0.05) is 72.8 Å². The molecule has 0 aromatic heterocycles. The second-order valence-corrected chi connectivity index (χ2v) is 9.18. The molecule has 0 radical (unpaired) electrons. The van der Waals surface area contributed by atoms with Gasteiger partial charge in [0.05, 0.1) is 35.6 Å². The molecule has 0 N–H and O–H groups in total. The summed E-state index contributed by atoms with van der Waals surface area (Å²) in [6.07, 6.45) is 4.10. The van der Waals surface area contributed by atoms with Crippen molar-refractivity contribution in [3.63, 3.8) is 0 Å². The van der Waals surface area contributed by atoms with Crippen LogP contribution in [0.5, 0.6) is 5.75 Å². The number of carbonyl (C=O) groups excluding carboxylic acids is 2. The molecule has 7 heteroatoms. The number of carbonyl (C=O) groups is 2. The first-order valence-corrected chi connectivity index (χ1v) is 11.7. The maximum Gasteiger partial charge on any atom is 0.273 e. The van der Waals surface area contributed by atoms with E-state index in [1.807, 2.05) is 36.4 Å². The third-order valence-corrected chi connectivity index (χ3v) is 7.44. The number of benzene rings is 3. The molecule has 3 aromatic rings. The monoisotopic (exact) mass is 478 g/mol. The van der Waals surface area contributed by atoms with E-state index in [1.54, 1.807) is 0 Å².